The number of nitrogens with two attached hydrogens (primary N) is 1. The summed E-state index contributed by atoms with van der Waals surface area (Å²) in [7, 11) is 3.14. The van der Waals surface area contributed by atoms with E-state index in [2.05, 4.69) is 9.97 Å². The van der Waals surface area contributed by atoms with Crippen LogP contribution in [0, 0.1) is 0 Å². The second-order valence-corrected chi connectivity index (χ2v) is 6.39. The molecule has 1 saturated heterocycles. The van der Waals surface area contributed by atoms with E-state index in [4.69, 9.17) is 19.6 Å². The van der Waals surface area contributed by atoms with E-state index in [0.29, 0.717) is 66.1 Å². The van der Waals surface area contributed by atoms with Gasteiger partial charge >= 0.3 is 0 Å². The smallest absolute Gasteiger partial charge is 0.289 e. The average Bonchev–Trinajstić information content (AvgIpc) is 3.27. The molecule has 2 aromatic heterocycles. The molecule has 0 unspecified atom stereocenters. The van der Waals surface area contributed by atoms with Crippen LogP contribution in [0.5, 0.6) is 11.5 Å². The van der Waals surface area contributed by atoms with Gasteiger partial charge in [0.25, 0.3) is 5.91 Å². The van der Waals surface area contributed by atoms with Crippen molar-refractivity contribution in [3.05, 3.63) is 36.3 Å². The van der Waals surface area contributed by atoms with Gasteiger partial charge < -0.3 is 47.3 Å². The Balaban J connectivity index is 0.00000160. The van der Waals surface area contributed by atoms with Crippen LogP contribution >= 0.6 is 0 Å². The normalized spacial score (nSPS) is 13.4. The van der Waals surface area contributed by atoms with Gasteiger partial charge in [-0.15, -0.1) is 0 Å². The molecule has 1 amide bonds. The summed E-state index contributed by atoms with van der Waals surface area (Å²) in [6.45, 7) is 2.30. The fourth-order valence-electron chi connectivity index (χ4n) is 3.27. The number of amides is 1. The number of hydrogen-bond donors (Lipinski definition) is 1. The van der Waals surface area contributed by atoms with Gasteiger partial charge in [-0.05, 0) is 18.2 Å². The Morgan fingerprint density at radius 1 is 1.10 bits per heavy atom. The number of fused-ring (bicyclic) bond motifs is 1. The molecule has 30 heavy (non-hydrogen) atoms. The van der Waals surface area contributed by atoms with Gasteiger partial charge in [-0.1, -0.05) is 0 Å². The van der Waals surface area contributed by atoms with E-state index in [-0.39, 0.29) is 23.8 Å². The number of ether oxygens (including phenoxy) is 2. The first kappa shape index (κ1) is 23.0. The van der Waals surface area contributed by atoms with Gasteiger partial charge in [-0.2, -0.15) is 4.98 Å². The molecule has 0 atom stereocenters. The van der Waals surface area contributed by atoms with Crippen molar-refractivity contribution in [3.63, 3.8) is 0 Å². The van der Waals surface area contributed by atoms with Gasteiger partial charge in [0.15, 0.2) is 17.3 Å². The van der Waals surface area contributed by atoms with Crippen LogP contribution < -0.4 is 32.5 Å². The van der Waals surface area contributed by atoms with E-state index in [1.807, 2.05) is 4.90 Å². The van der Waals surface area contributed by atoms with Gasteiger partial charge in [-0.25, -0.2) is 4.98 Å². The number of benzene rings is 1. The second-order valence-electron chi connectivity index (χ2n) is 6.39. The third-order valence-electron chi connectivity index (χ3n) is 4.80. The van der Waals surface area contributed by atoms with Crippen LogP contribution in [0.15, 0.2) is 34.9 Å². The Bertz CT molecular complexity index is 1010. The highest BCUT2D eigenvalue weighted by molar-refractivity contribution is 5.92. The van der Waals surface area contributed by atoms with Crippen molar-refractivity contribution in [3.8, 4) is 11.5 Å². The summed E-state index contributed by atoms with van der Waals surface area (Å²) in [6.07, 6.45) is 1.50. The molecule has 10 nitrogen and oxygen atoms in total. The lowest BCUT2D eigenvalue weighted by Gasteiger charge is -2.34. The SMILES string of the molecule is COc1cc2nc(N3CCN(C(=O)c4ccco4)CC3)nc(N)c2cc1OC.O.[Cl-]. The molecule has 0 aliphatic carbocycles. The van der Waals surface area contributed by atoms with Crippen molar-refractivity contribution in [1.82, 2.24) is 14.9 Å². The van der Waals surface area contributed by atoms with Gasteiger partial charge in [-0.3, -0.25) is 4.79 Å². The van der Waals surface area contributed by atoms with E-state index >= 15 is 0 Å². The maximum Gasteiger partial charge on any atom is 0.289 e. The van der Waals surface area contributed by atoms with Crippen LogP contribution in [0.4, 0.5) is 11.8 Å². The van der Waals surface area contributed by atoms with Gasteiger partial charge in [0, 0.05) is 37.6 Å². The topological polar surface area (TPSA) is 138 Å². The molecule has 0 bridgehead atoms. The summed E-state index contributed by atoms with van der Waals surface area (Å²) in [6, 6.07) is 6.93. The van der Waals surface area contributed by atoms with E-state index in [0.717, 1.165) is 0 Å². The molecule has 4 rings (SSSR count). The van der Waals surface area contributed by atoms with Crippen molar-refractivity contribution in [2.24, 2.45) is 0 Å². The van der Waals surface area contributed by atoms with Crippen LogP contribution in [0.2, 0.25) is 0 Å². The number of nitrogens with zero attached hydrogens (tertiary/aromatic N) is 4. The Labute approximate surface area is 179 Å². The van der Waals surface area contributed by atoms with Gasteiger partial charge in [0.05, 0.1) is 26.0 Å². The summed E-state index contributed by atoms with van der Waals surface area (Å²) in [5.41, 5.74) is 6.84. The molecule has 0 spiro atoms. The molecule has 1 fully saturated rings. The Kier molecular flexibility index (Phi) is 7.30. The standard InChI is InChI=1S/C19H21N5O4.ClH.H2O/c1-26-15-10-12-13(11-16(15)27-2)21-19(22-17(12)20)24-7-5-23(6-8-24)18(25)14-4-3-9-28-14;;/h3-4,9-11H,5-8H2,1-2H3,(H2,20,21,22);1H;1H2/p-1. The maximum absolute atomic E-state index is 12.4. The number of aromatic nitrogens is 2. The number of carbonyl (C=O) groups is 1. The minimum atomic E-state index is -0.111. The van der Waals surface area contributed by atoms with Crippen LogP contribution in [0.3, 0.4) is 0 Å². The number of anilines is 2. The molecule has 0 radical (unpaired) electrons. The van der Waals surface area contributed by atoms with Gasteiger partial charge in [0.1, 0.15) is 5.82 Å². The number of methoxy groups -OCH3 is 2. The Morgan fingerprint density at radius 2 is 1.77 bits per heavy atom. The number of rotatable bonds is 4. The largest absolute Gasteiger partial charge is 1.00 e. The molecular weight excluding hydrogens is 414 g/mol. The van der Waals surface area contributed by atoms with Crippen molar-refractivity contribution >= 4 is 28.6 Å². The molecule has 11 heteroatoms. The van der Waals surface area contributed by atoms with Crippen molar-refractivity contribution in [1.29, 1.82) is 0 Å². The molecule has 1 aromatic carbocycles. The van der Waals surface area contributed by atoms with Crippen molar-refractivity contribution in [2.75, 3.05) is 51.0 Å². The predicted octanol–water partition coefficient (Wildman–Crippen LogP) is -2.04. The van der Waals surface area contributed by atoms with Crippen LogP contribution in [0.25, 0.3) is 10.9 Å². The Morgan fingerprint density at radius 3 is 2.37 bits per heavy atom. The van der Waals surface area contributed by atoms with E-state index in [1.165, 1.54) is 6.26 Å². The minimum absolute atomic E-state index is 0. The monoisotopic (exact) mass is 436 g/mol. The molecular formula is C19H23ClN5O5-. The third kappa shape index (κ3) is 4.19. The molecule has 3 heterocycles. The number of hydrogen-bond acceptors (Lipinski definition) is 8. The summed E-state index contributed by atoms with van der Waals surface area (Å²) in [5, 5.41) is 0.702. The lowest BCUT2D eigenvalue weighted by atomic mass is 10.2. The second kappa shape index (κ2) is 9.51. The highest BCUT2D eigenvalue weighted by atomic mass is 35.5. The van der Waals surface area contributed by atoms with Crippen LogP contribution in [-0.4, -0.2) is 66.6 Å². The van der Waals surface area contributed by atoms with E-state index < -0.39 is 0 Å². The van der Waals surface area contributed by atoms with Crippen LogP contribution in [-0.2, 0) is 0 Å². The predicted molar refractivity (Wildman–Crippen MR) is 107 cm³/mol. The average molecular weight is 437 g/mol. The quantitative estimate of drug-likeness (QED) is 0.493. The molecule has 1 aliphatic heterocycles. The zero-order chi connectivity index (χ0) is 19.7. The number of piperazine rings is 1. The first-order valence-electron chi connectivity index (χ1n) is 8.87. The molecule has 1 aliphatic rings. The molecule has 4 N–H and O–H groups in total. The van der Waals surface area contributed by atoms with Crippen molar-refractivity contribution in [2.45, 2.75) is 0 Å². The molecule has 162 valence electrons. The highest BCUT2D eigenvalue weighted by Crippen LogP contribution is 2.34. The lowest BCUT2D eigenvalue weighted by molar-refractivity contribution is -0.0000173. The van der Waals surface area contributed by atoms with E-state index in [9.17, 15) is 4.79 Å². The maximum atomic E-state index is 12.4. The fourth-order valence-corrected chi connectivity index (χ4v) is 3.27. The minimum Gasteiger partial charge on any atom is -1.00 e. The van der Waals surface area contributed by atoms with Gasteiger partial charge in [0.2, 0.25) is 5.95 Å². The third-order valence-corrected chi connectivity index (χ3v) is 4.80. The zero-order valence-electron chi connectivity index (χ0n) is 16.6. The summed E-state index contributed by atoms with van der Waals surface area (Å²) >= 11 is 0. The summed E-state index contributed by atoms with van der Waals surface area (Å²) in [4.78, 5) is 25.3. The van der Waals surface area contributed by atoms with Crippen LogP contribution in [0.1, 0.15) is 10.6 Å². The first-order valence-corrected chi connectivity index (χ1v) is 8.87. The number of halogens is 1. The fraction of sp³-hybridized carbons (Fsp3) is 0.316. The molecule has 0 saturated carbocycles. The van der Waals surface area contributed by atoms with E-state index in [1.54, 1.807) is 43.4 Å². The number of carbonyl (C=O) groups excluding carboxylic acids is 1. The number of nitrogen functional groups attached to an aromatic ring is 1. The lowest BCUT2D eigenvalue weighted by Crippen LogP contribution is -3.00. The number of furan rings is 1. The summed E-state index contributed by atoms with van der Waals surface area (Å²) < 4.78 is 15.9. The zero-order valence-corrected chi connectivity index (χ0v) is 17.3. The first-order chi connectivity index (χ1) is 13.6. The van der Waals surface area contributed by atoms with Crippen molar-refractivity contribution < 1.29 is 36.6 Å². The molecule has 3 aromatic rings. The summed E-state index contributed by atoms with van der Waals surface area (Å²) in [5.74, 6) is 2.29. The Hall–Kier alpha value is -3.24. The highest BCUT2D eigenvalue weighted by Gasteiger charge is 2.25.